The first-order valence-electron chi connectivity index (χ1n) is 8.62. The molecule has 2 heterocycles. The van der Waals surface area contributed by atoms with Gasteiger partial charge in [0.05, 0.1) is 13.2 Å². The molecule has 0 unspecified atom stereocenters. The maximum Gasteiger partial charge on any atom is 0.251 e. The van der Waals surface area contributed by atoms with Crippen LogP contribution >= 0.6 is 0 Å². The van der Waals surface area contributed by atoms with Crippen LogP contribution in [0.1, 0.15) is 30.9 Å². The van der Waals surface area contributed by atoms with Crippen LogP contribution in [-0.2, 0) is 20.7 Å². The van der Waals surface area contributed by atoms with Crippen LogP contribution in [0.3, 0.4) is 0 Å². The number of benzene rings is 1. The Balaban J connectivity index is 1.53. The van der Waals surface area contributed by atoms with Crippen molar-refractivity contribution in [3.8, 4) is 0 Å². The molecule has 0 saturated carbocycles. The zero-order valence-electron chi connectivity index (χ0n) is 14.7. The van der Waals surface area contributed by atoms with Gasteiger partial charge in [0.2, 0.25) is 5.91 Å². The quantitative estimate of drug-likeness (QED) is 0.840. The predicted octanol–water partition coefficient (Wildman–Crippen LogP) is 2.04. The van der Waals surface area contributed by atoms with Crippen LogP contribution in [0.2, 0.25) is 0 Å². The summed E-state index contributed by atoms with van der Waals surface area (Å²) < 4.78 is 11.0. The molecule has 1 aliphatic heterocycles. The molecule has 6 nitrogen and oxygen atoms in total. The minimum Gasteiger partial charge on any atom is -0.356 e. The van der Waals surface area contributed by atoms with Crippen molar-refractivity contribution in [2.75, 3.05) is 19.8 Å². The number of hydrogen-bond acceptors (Lipinski definition) is 4. The third kappa shape index (κ3) is 4.46. The standard InChI is InChI=1S/C19H24N2O4/c1-13-3-4-14-12-15(18(23)21-16(14)11-13)5-6-17(22)20-8-7-19(2)24-9-10-25-19/h3-4,11-12H,5-10H2,1-2H3,(H,20,22)(H,21,23). The number of aromatic amines is 1. The van der Waals surface area contributed by atoms with Gasteiger partial charge in [0, 0.05) is 30.5 Å². The molecule has 25 heavy (non-hydrogen) atoms. The molecule has 1 aromatic carbocycles. The Morgan fingerprint density at radius 1 is 1.28 bits per heavy atom. The number of ether oxygens (including phenoxy) is 2. The van der Waals surface area contributed by atoms with Crippen LogP contribution in [0.5, 0.6) is 0 Å². The first kappa shape index (κ1) is 17.6. The topological polar surface area (TPSA) is 80.4 Å². The Morgan fingerprint density at radius 2 is 2.04 bits per heavy atom. The molecule has 0 radical (unpaired) electrons. The van der Waals surface area contributed by atoms with E-state index in [1.54, 1.807) is 0 Å². The maximum atomic E-state index is 12.2. The van der Waals surface area contributed by atoms with Gasteiger partial charge in [0.15, 0.2) is 5.79 Å². The number of amides is 1. The second-order valence-electron chi connectivity index (χ2n) is 6.65. The number of aryl methyl sites for hydroxylation is 2. The average molecular weight is 344 g/mol. The number of pyridine rings is 1. The summed E-state index contributed by atoms with van der Waals surface area (Å²) in [5.41, 5.74) is 2.41. The molecular weight excluding hydrogens is 320 g/mol. The van der Waals surface area contributed by atoms with Gasteiger partial charge in [-0.2, -0.15) is 0 Å². The monoisotopic (exact) mass is 344 g/mol. The molecule has 0 aliphatic carbocycles. The van der Waals surface area contributed by atoms with E-state index < -0.39 is 5.79 Å². The molecule has 2 N–H and O–H groups in total. The van der Waals surface area contributed by atoms with Crippen LogP contribution < -0.4 is 10.9 Å². The Labute approximate surface area is 146 Å². The summed E-state index contributed by atoms with van der Waals surface area (Å²) in [7, 11) is 0. The van der Waals surface area contributed by atoms with Gasteiger partial charge in [-0.05, 0) is 43.4 Å². The largest absolute Gasteiger partial charge is 0.356 e. The molecule has 1 aromatic heterocycles. The van der Waals surface area contributed by atoms with Crippen LogP contribution in [0.4, 0.5) is 0 Å². The van der Waals surface area contributed by atoms with Crippen molar-refractivity contribution in [2.45, 2.75) is 38.9 Å². The maximum absolute atomic E-state index is 12.2. The van der Waals surface area contributed by atoms with Crippen molar-refractivity contribution in [1.29, 1.82) is 0 Å². The van der Waals surface area contributed by atoms with E-state index in [9.17, 15) is 9.59 Å². The van der Waals surface area contributed by atoms with Crippen molar-refractivity contribution in [2.24, 2.45) is 0 Å². The smallest absolute Gasteiger partial charge is 0.251 e. The van der Waals surface area contributed by atoms with E-state index in [-0.39, 0.29) is 17.9 Å². The fourth-order valence-corrected chi connectivity index (χ4v) is 3.01. The molecule has 1 saturated heterocycles. The van der Waals surface area contributed by atoms with E-state index in [1.165, 1.54) is 0 Å². The van der Waals surface area contributed by atoms with Gasteiger partial charge in [0.25, 0.3) is 5.56 Å². The average Bonchev–Trinajstić information content (AvgIpc) is 2.99. The summed E-state index contributed by atoms with van der Waals surface area (Å²) in [5, 5.41) is 3.83. The highest BCUT2D eigenvalue weighted by Crippen LogP contribution is 2.21. The van der Waals surface area contributed by atoms with E-state index in [2.05, 4.69) is 10.3 Å². The number of aromatic nitrogens is 1. The minimum atomic E-state index is -0.596. The van der Waals surface area contributed by atoms with E-state index in [4.69, 9.17) is 9.47 Å². The van der Waals surface area contributed by atoms with E-state index >= 15 is 0 Å². The lowest BCUT2D eigenvalue weighted by Crippen LogP contribution is -2.33. The number of nitrogens with one attached hydrogen (secondary N) is 2. The number of hydrogen-bond donors (Lipinski definition) is 2. The van der Waals surface area contributed by atoms with Crippen molar-refractivity contribution < 1.29 is 14.3 Å². The van der Waals surface area contributed by atoms with Gasteiger partial charge < -0.3 is 19.8 Å². The zero-order valence-corrected chi connectivity index (χ0v) is 14.7. The molecule has 0 spiro atoms. The van der Waals surface area contributed by atoms with Crippen molar-refractivity contribution in [1.82, 2.24) is 10.3 Å². The molecule has 2 aromatic rings. The molecule has 1 amide bonds. The first-order chi connectivity index (χ1) is 12.0. The minimum absolute atomic E-state index is 0.0787. The lowest BCUT2D eigenvalue weighted by molar-refractivity contribution is -0.146. The Hall–Kier alpha value is -2.18. The normalized spacial score (nSPS) is 16.2. The summed E-state index contributed by atoms with van der Waals surface area (Å²) >= 11 is 0. The number of carbonyl (C=O) groups is 1. The number of carbonyl (C=O) groups excluding carboxylic acids is 1. The number of fused-ring (bicyclic) bond motifs is 1. The van der Waals surface area contributed by atoms with Crippen LogP contribution in [0.25, 0.3) is 10.9 Å². The van der Waals surface area contributed by atoms with E-state index in [0.717, 1.165) is 16.5 Å². The molecule has 0 bridgehead atoms. The Morgan fingerprint density at radius 3 is 2.80 bits per heavy atom. The van der Waals surface area contributed by atoms with Crippen LogP contribution in [-0.4, -0.2) is 36.4 Å². The third-order valence-electron chi connectivity index (χ3n) is 4.50. The lowest BCUT2D eigenvalue weighted by atomic mass is 10.1. The fraction of sp³-hybridized carbons (Fsp3) is 0.474. The predicted molar refractivity (Wildman–Crippen MR) is 95.6 cm³/mol. The third-order valence-corrected chi connectivity index (χ3v) is 4.50. The molecule has 6 heteroatoms. The highest BCUT2D eigenvalue weighted by Gasteiger charge is 2.30. The lowest BCUT2D eigenvalue weighted by Gasteiger charge is -2.22. The van der Waals surface area contributed by atoms with Crippen molar-refractivity contribution in [3.05, 3.63) is 45.7 Å². The summed E-state index contributed by atoms with van der Waals surface area (Å²) in [6.07, 6.45) is 1.29. The molecule has 3 rings (SSSR count). The fourth-order valence-electron chi connectivity index (χ4n) is 3.01. The summed E-state index contributed by atoms with van der Waals surface area (Å²) in [5.74, 6) is -0.675. The second-order valence-corrected chi connectivity index (χ2v) is 6.65. The first-order valence-corrected chi connectivity index (χ1v) is 8.62. The van der Waals surface area contributed by atoms with E-state index in [1.807, 2.05) is 38.1 Å². The van der Waals surface area contributed by atoms with Gasteiger partial charge in [0.1, 0.15) is 0 Å². The van der Waals surface area contributed by atoms with Gasteiger partial charge >= 0.3 is 0 Å². The highest BCUT2D eigenvalue weighted by molar-refractivity contribution is 5.80. The SMILES string of the molecule is Cc1ccc2cc(CCC(=O)NCCC3(C)OCCO3)c(=O)[nH]c2c1. The molecule has 1 aliphatic rings. The number of H-pyrrole nitrogens is 1. The second kappa shape index (κ2) is 7.37. The van der Waals surface area contributed by atoms with Crippen LogP contribution in [0.15, 0.2) is 29.1 Å². The Kier molecular flexibility index (Phi) is 5.20. The highest BCUT2D eigenvalue weighted by atomic mass is 16.7. The summed E-state index contributed by atoms with van der Waals surface area (Å²) in [6, 6.07) is 7.79. The molecule has 0 atom stereocenters. The molecule has 1 fully saturated rings. The summed E-state index contributed by atoms with van der Waals surface area (Å²) in [6.45, 7) is 5.53. The van der Waals surface area contributed by atoms with Gasteiger partial charge in [-0.3, -0.25) is 9.59 Å². The van der Waals surface area contributed by atoms with Gasteiger partial charge in [-0.15, -0.1) is 0 Å². The van der Waals surface area contributed by atoms with Crippen LogP contribution in [0, 0.1) is 6.92 Å². The summed E-state index contributed by atoms with van der Waals surface area (Å²) in [4.78, 5) is 27.1. The molecule has 134 valence electrons. The Bertz CT molecular complexity index is 822. The van der Waals surface area contributed by atoms with Gasteiger partial charge in [-0.25, -0.2) is 0 Å². The number of rotatable bonds is 6. The van der Waals surface area contributed by atoms with E-state index in [0.29, 0.717) is 38.2 Å². The van der Waals surface area contributed by atoms with Crippen molar-refractivity contribution >= 4 is 16.8 Å². The van der Waals surface area contributed by atoms with Crippen molar-refractivity contribution in [3.63, 3.8) is 0 Å². The molecular formula is C19H24N2O4. The zero-order chi connectivity index (χ0) is 17.9. The van der Waals surface area contributed by atoms with Gasteiger partial charge in [-0.1, -0.05) is 12.1 Å².